The Kier molecular flexibility index (Phi) is 2.40. The SMILES string of the molecule is OCc1nc2cc(C3(C(F)(F)F)CC3)cnc2s1. The van der Waals surface area contributed by atoms with E-state index in [4.69, 9.17) is 5.11 Å². The molecule has 7 heteroatoms. The Labute approximate surface area is 104 Å². The normalized spacial score (nSPS) is 18.2. The predicted octanol–water partition coefficient (Wildman–Crippen LogP) is 2.78. The summed E-state index contributed by atoms with van der Waals surface area (Å²) < 4.78 is 38.9. The number of hydrogen-bond donors (Lipinski definition) is 1. The molecule has 0 saturated heterocycles. The highest BCUT2D eigenvalue weighted by Crippen LogP contribution is 2.58. The average Bonchev–Trinajstić information content (AvgIpc) is 3.03. The molecule has 2 aromatic rings. The predicted molar refractivity (Wildman–Crippen MR) is 60.3 cm³/mol. The highest BCUT2D eigenvalue weighted by Gasteiger charge is 2.64. The summed E-state index contributed by atoms with van der Waals surface area (Å²) in [7, 11) is 0. The topological polar surface area (TPSA) is 46.0 Å². The lowest BCUT2D eigenvalue weighted by Crippen LogP contribution is -2.28. The fourth-order valence-corrected chi connectivity index (χ4v) is 2.80. The molecule has 2 heterocycles. The van der Waals surface area contributed by atoms with Crippen LogP contribution in [0.25, 0.3) is 10.3 Å². The van der Waals surface area contributed by atoms with Gasteiger partial charge in [-0.3, -0.25) is 0 Å². The van der Waals surface area contributed by atoms with Gasteiger partial charge in [-0.25, -0.2) is 9.97 Å². The molecule has 1 aliphatic carbocycles. The van der Waals surface area contributed by atoms with Crippen LogP contribution in [0.5, 0.6) is 0 Å². The first-order chi connectivity index (χ1) is 8.46. The van der Waals surface area contributed by atoms with E-state index < -0.39 is 11.6 Å². The van der Waals surface area contributed by atoms with Crippen molar-refractivity contribution < 1.29 is 18.3 Å². The molecular weight excluding hydrogens is 265 g/mol. The lowest BCUT2D eigenvalue weighted by Gasteiger charge is -2.18. The number of aromatic nitrogens is 2. The van der Waals surface area contributed by atoms with Crippen molar-refractivity contribution >= 4 is 21.7 Å². The van der Waals surface area contributed by atoms with Crippen molar-refractivity contribution in [2.75, 3.05) is 0 Å². The number of pyridine rings is 1. The van der Waals surface area contributed by atoms with Crippen LogP contribution >= 0.6 is 11.3 Å². The van der Waals surface area contributed by atoms with Crippen molar-refractivity contribution in [1.29, 1.82) is 0 Å². The first-order valence-corrected chi connectivity index (χ1v) is 6.21. The van der Waals surface area contributed by atoms with Crippen LogP contribution in [0.1, 0.15) is 23.4 Å². The second-order valence-corrected chi connectivity index (χ2v) is 5.46. The molecule has 96 valence electrons. The van der Waals surface area contributed by atoms with Crippen molar-refractivity contribution in [3.05, 3.63) is 22.8 Å². The molecule has 3 nitrogen and oxygen atoms in total. The van der Waals surface area contributed by atoms with Gasteiger partial charge in [-0.1, -0.05) is 11.3 Å². The van der Waals surface area contributed by atoms with E-state index in [1.165, 1.54) is 23.6 Å². The Bertz CT molecular complexity index is 604. The number of aliphatic hydroxyl groups excluding tert-OH is 1. The molecule has 1 fully saturated rings. The summed E-state index contributed by atoms with van der Waals surface area (Å²) in [6, 6.07) is 1.44. The molecule has 0 aromatic carbocycles. The number of halogens is 3. The summed E-state index contributed by atoms with van der Waals surface area (Å²) in [5, 5.41) is 9.41. The summed E-state index contributed by atoms with van der Waals surface area (Å²) >= 11 is 1.19. The summed E-state index contributed by atoms with van der Waals surface area (Å²) in [6.07, 6.45) is -2.73. The maximum Gasteiger partial charge on any atom is 0.398 e. The van der Waals surface area contributed by atoms with Crippen molar-refractivity contribution in [2.24, 2.45) is 0 Å². The van der Waals surface area contributed by atoms with Crippen LogP contribution < -0.4 is 0 Å². The van der Waals surface area contributed by atoms with E-state index in [2.05, 4.69) is 9.97 Å². The van der Waals surface area contributed by atoms with Gasteiger partial charge in [-0.05, 0) is 24.5 Å². The minimum atomic E-state index is -4.24. The largest absolute Gasteiger partial charge is 0.398 e. The average molecular weight is 274 g/mol. The smallest absolute Gasteiger partial charge is 0.389 e. The van der Waals surface area contributed by atoms with E-state index in [0.29, 0.717) is 15.4 Å². The zero-order chi connectivity index (χ0) is 13.0. The van der Waals surface area contributed by atoms with Crippen LogP contribution in [-0.2, 0) is 12.0 Å². The van der Waals surface area contributed by atoms with Crippen LogP contribution in [0.4, 0.5) is 13.2 Å². The molecule has 2 aromatic heterocycles. The number of aliphatic hydroxyl groups is 1. The second kappa shape index (κ2) is 3.64. The van der Waals surface area contributed by atoms with E-state index in [1.54, 1.807) is 0 Å². The van der Waals surface area contributed by atoms with Crippen LogP contribution in [-0.4, -0.2) is 21.3 Å². The van der Waals surface area contributed by atoms with E-state index in [-0.39, 0.29) is 25.0 Å². The van der Waals surface area contributed by atoms with E-state index in [1.807, 2.05) is 0 Å². The highest BCUT2D eigenvalue weighted by atomic mass is 32.1. The lowest BCUT2D eigenvalue weighted by atomic mass is 9.97. The van der Waals surface area contributed by atoms with Gasteiger partial charge in [0, 0.05) is 6.20 Å². The summed E-state index contributed by atoms with van der Waals surface area (Å²) in [6.45, 7) is -0.221. The molecule has 1 N–H and O–H groups in total. The second-order valence-electron chi connectivity index (χ2n) is 4.39. The first-order valence-electron chi connectivity index (χ1n) is 5.40. The third-order valence-corrected chi connectivity index (χ3v) is 4.24. The number of nitrogens with zero attached hydrogens (tertiary/aromatic N) is 2. The van der Waals surface area contributed by atoms with Gasteiger partial charge >= 0.3 is 6.18 Å². The Morgan fingerprint density at radius 1 is 1.39 bits per heavy atom. The standard InChI is InChI=1S/C11H9F3N2OS/c12-11(13,14)10(1-2-10)6-3-7-9(15-4-6)18-8(5-17)16-7/h3-4,17H,1-2,5H2. The number of fused-ring (bicyclic) bond motifs is 1. The Balaban J connectivity index is 2.09. The number of thiazole rings is 1. The van der Waals surface area contributed by atoms with Gasteiger partial charge < -0.3 is 5.11 Å². The van der Waals surface area contributed by atoms with E-state index in [0.717, 1.165) is 0 Å². The first kappa shape index (κ1) is 11.9. The minimum Gasteiger partial charge on any atom is -0.389 e. The summed E-state index contributed by atoms with van der Waals surface area (Å²) in [5.41, 5.74) is -1.12. The number of hydrogen-bond acceptors (Lipinski definition) is 4. The fraction of sp³-hybridized carbons (Fsp3) is 0.455. The van der Waals surface area contributed by atoms with Gasteiger partial charge in [0.25, 0.3) is 0 Å². The molecule has 1 aliphatic rings. The van der Waals surface area contributed by atoms with Crippen LogP contribution in [0.15, 0.2) is 12.3 Å². The lowest BCUT2D eigenvalue weighted by molar-refractivity contribution is -0.160. The van der Waals surface area contributed by atoms with Gasteiger partial charge in [0.15, 0.2) is 0 Å². The molecule has 0 aliphatic heterocycles. The van der Waals surface area contributed by atoms with Crippen LogP contribution in [0.3, 0.4) is 0 Å². The van der Waals surface area contributed by atoms with Gasteiger partial charge in [0.2, 0.25) is 0 Å². The summed E-state index contributed by atoms with van der Waals surface area (Å²) in [4.78, 5) is 8.62. The number of rotatable bonds is 2. The quantitative estimate of drug-likeness (QED) is 0.916. The van der Waals surface area contributed by atoms with Crippen molar-refractivity contribution in [3.8, 4) is 0 Å². The molecular formula is C11H9F3N2OS. The highest BCUT2D eigenvalue weighted by molar-refractivity contribution is 7.18. The molecule has 3 rings (SSSR count). The summed E-state index contributed by atoms with van der Waals surface area (Å²) in [5.74, 6) is 0. The fourth-order valence-electron chi connectivity index (χ4n) is 2.06. The van der Waals surface area contributed by atoms with Gasteiger partial charge in [0.05, 0.1) is 12.0 Å². The van der Waals surface area contributed by atoms with Gasteiger partial charge in [-0.15, -0.1) is 0 Å². The van der Waals surface area contributed by atoms with Crippen LogP contribution in [0, 0.1) is 0 Å². The van der Waals surface area contributed by atoms with Crippen molar-refractivity contribution in [2.45, 2.75) is 31.0 Å². The maximum absolute atomic E-state index is 13.0. The molecule has 0 amide bonds. The van der Waals surface area contributed by atoms with Gasteiger partial charge in [-0.2, -0.15) is 13.2 Å². The van der Waals surface area contributed by atoms with Gasteiger partial charge in [0.1, 0.15) is 15.4 Å². The zero-order valence-electron chi connectivity index (χ0n) is 9.16. The molecule has 0 unspecified atom stereocenters. The minimum absolute atomic E-state index is 0.112. The molecule has 1 saturated carbocycles. The van der Waals surface area contributed by atoms with E-state index in [9.17, 15) is 13.2 Å². The maximum atomic E-state index is 13.0. The Morgan fingerprint density at radius 2 is 2.11 bits per heavy atom. The third kappa shape index (κ3) is 1.61. The van der Waals surface area contributed by atoms with Crippen molar-refractivity contribution in [1.82, 2.24) is 9.97 Å². The Hall–Kier alpha value is -1.21. The Morgan fingerprint density at radius 3 is 2.67 bits per heavy atom. The molecule has 18 heavy (non-hydrogen) atoms. The van der Waals surface area contributed by atoms with E-state index >= 15 is 0 Å². The molecule has 0 radical (unpaired) electrons. The zero-order valence-corrected chi connectivity index (χ0v) is 9.98. The van der Waals surface area contributed by atoms with Crippen molar-refractivity contribution in [3.63, 3.8) is 0 Å². The third-order valence-electron chi connectivity index (χ3n) is 3.27. The molecule has 0 atom stereocenters. The monoisotopic (exact) mass is 274 g/mol. The number of alkyl halides is 3. The molecule has 0 bridgehead atoms. The van der Waals surface area contributed by atoms with Crippen LogP contribution in [0.2, 0.25) is 0 Å². The molecule has 0 spiro atoms.